The lowest BCUT2D eigenvalue weighted by Crippen LogP contribution is -2.45. The standard InChI is InChI=1S/C57H70N5O12/c1-67-49(63)33-61(34-50(64)68-2)44-19-7-8-20-46(44)72-27-28-73-48-32-47(71-26-10-6-5-9-21-58)41(31-45(48)62(35-51(65)69-3)36-52(66)70-4)53-42-29-37-15-11-22-59-24-13-17-39(54(37)59)56(42)74-57-40-18-14-25-60-23-12-16-38(55(40)60)30-43(53)57/h7-8,19-20,29-32H,5-6,9-18,21-28,33-36,58H2,1-4H3/q+1. The number of para-hydroxylation sites is 2. The number of nitrogens with two attached hydrogens (primary N) is 1. The molecule has 0 saturated heterocycles. The molecule has 5 heterocycles. The molecule has 0 saturated carbocycles. The molecule has 74 heavy (non-hydrogen) atoms. The van der Waals surface area contributed by atoms with Gasteiger partial charge in [-0.3, -0.25) is 19.2 Å². The minimum atomic E-state index is -0.567. The van der Waals surface area contributed by atoms with Crippen LogP contribution in [0.1, 0.15) is 84.7 Å². The molecule has 5 aliphatic rings. The van der Waals surface area contributed by atoms with Crippen LogP contribution in [-0.2, 0) is 63.8 Å². The van der Waals surface area contributed by atoms with E-state index in [2.05, 4.69) is 21.6 Å². The molecule has 2 N–H and O–H groups in total. The van der Waals surface area contributed by atoms with Gasteiger partial charge in [-0.25, -0.2) is 4.58 Å². The zero-order valence-corrected chi connectivity index (χ0v) is 43.4. The molecule has 0 bridgehead atoms. The van der Waals surface area contributed by atoms with Gasteiger partial charge in [-0.15, -0.1) is 0 Å². The lowest BCUT2D eigenvalue weighted by atomic mass is 9.82. The van der Waals surface area contributed by atoms with Crippen LogP contribution < -0.4 is 54.5 Å². The van der Waals surface area contributed by atoms with Crippen molar-refractivity contribution in [2.45, 2.75) is 77.0 Å². The summed E-state index contributed by atoms with van der Waals surface area (Å²) >= 11 is 0. The predicted molar refractivity (Wildman–Crippen MR) is 280 cm³/mol. The Kier molecular flexibility index (Phi) is 16.8. The first-order valence-corrected chi connectivity index (χ1v) is 26.2. The van der Waals surface area contributed by atoms with Crippen molar-refractivity contribution < 1.29 is 57.1 Å². The number of esters is 4. The van der Waals surface area contributed by atoms with Crippen molar-refractivity contribution in [3.8, 4) is 28.7 Å². The zero-order valence-electron chi connectivity index (χ0n) is 43.4. The fourth-order valence-electron chi connectivity index (χ4n) is 11.3. The van der Waals surface area contributed by atoms with Crippen LogP contribution in [0.2, 0.25) is 0 Å². The van der Waals surface area contributed by atoms with Crippen molar-refractivity contribution in [3.05, 3.63) is 92.5 Å². The fraction of sp³-hybridized carbons (Fsp3) is 0.491. The molecule has 4 aromatic carbocycles. The number of benzene rings is 4. The Bertz CT molecular complexity index is 2860. The van der Waals surface area contributed by atoms with Crippen molar-refractivity contribution in [3.63, 3.8) is 0 Å². The van der Waals surface area contributed by atoms with Crippen LogP contribution in [0.4, 0.5) is 17.1 Å². The van der Waals surface area contributed by atoms with Crippen molar-refractivity contribution >= 4 is 46.5 Å². The predicted octanol–water partition coefficient (Wildman–Crippen LogP) is 4.78. The summed E-state index contributed by atoms with van der Waals surface area (Å²) in [6.45, 7) is 4.07. The number of anilines is 3. The molecule has 0 unspecified atom stereocenters. The molecule has 17 heteroatoms. The van der Waals surface area contributed by atoms with E-state index in [-0.39, 0.29) is 39.4 Å². The van der Waals surface area contributed by atoms with E-state index in [4.69, 9.17) is 43.6 Å². The minimum Gasteiger partial charge on any atom is -0.493 e. The van der Waals surface area contributed by atoms with Crippen LogP contribution in [0, 0.1) is 0 Å². The topological polar surface area (TPSA) is 181 Å². The van der Waals surface area contributed by atoms with Gasteiger partial charge in [0.25, 0.3) is 0 Å². The fourth-order valence-corrected chi connectivity index (χ4v) is 11.3. The quantitative estimate of drug-likeness (QED) is 0.0408. The van der Waals surface area contributed by atoms with E-state index >= 15 is 0 Å². The maximum Gasteiger partial charge on any atom is 0.325 e. The number of fused-ring (bicyclic) bond motifs is 4. The number of aryl methyl sites for hydroxylation is 2. The lowest BCUT2D eigenvalue weighted by molar-refractivity contribution is -0.141. The van der Waals surface area contributed by atoms with Crippen LogP contribution in [0.25, 0.3) is 5.57 Å². The summed E-state index contributed by atoms with van der Waals surface area (Å²) in [7, 11) is 5.18. The zero-order chi connectivity index (χ0) is 51.7. The number of ether oxygens (including phenoxy) is 8. The molecule has 0 radical (unpaired) electrons. The highest BCUT2D eigenvalue weighted by atomic mass is 16.5. The lowest BCUT2D eigenvalue weighted by Gasteiger charge is -2.39. The van der Waals surface area contributed by atoms with Gasteiger partial charge < -0.3 is 58.3 Å². The summed E-state index contributed by atoms with van der Waals surface area (Å²) in [6, 6.07) is 15.6. The third-order valence-electron chi connectivity index (χ3n) is 14.7. The average molecular weight is 1020 g/mol. The number of unbranched alkanes of at least 4 members (excludes halogenated alkanes) is 3. The molecule has 394 valence electrons. The van der Waals surface area contributed by atoms with Crippen molar-refractivity contribution in [1.29, 1.82) is 0 Å². The second kappa shape index (κ2) is 23.9. The number of hydrogen-bond acceptors (Lipinski definition) is 16. The van der Waals surface area contributed by atoms with Crippen molar-refractivity contribution in [2.75, 3.05) is 122 Å². The first-order valence-electron chi connectivity index (χ1n) is 26.2. The molecule has 0 aliphatic carbocycles. The van der Waals surface area contributed by atoms with E-state index in [1.54, 1.807) is 29.2 Å². The Morgan fingerprint density at radius 3 is 1.88 bits per heavy atom. The smallest absolute Gasteiger partial charge is 0.325 e. The van der Waals surface area contributed by atoms with Gasteiger partial charge in [0, 0.05) is 70.7 Å². The molecule has 0 amide bonds. The van der Waals surface area contributed by atoms with E-state index < -0.39 is 23.9 Å². The summed E-state index contributed by atoms with van der Waals surface area (Å²) in [6.07, 6.45) is 11.5. The van der Waals surface area contributed by atoms with E-state index in [0.717, 1.165) is 137 Å². The summed E-state index contributed by atoms with van der Waals surface area (Å²) < 4.78 is 50.3. The maximum atomic E-state index is 13.4. The number of rotatable bonds is 23. The van der Waals surface area contributed by atoms with Crippen LogP contribution in [0.5, 0.6) is 28.7 Å². The van der Waals surface area contributed by atoms with Gasteiger partial charge in [0.15, 0.2) is 0 Å². The second-order valence-electron chi connectivity index (χ2n) is 19.4. The number of carbonyl (C=O) groups excluding carboxylic acids is 4. The Labute approximate surface area is 432 Å². The molecule has 0 atom stereocenters. The Morgan fingerprint density at radius 1 is 0.595 bits per heavy atom. The largest absolute Gasteiger partial charge is 0.493 e. The SMILES string of the molecule is COC(=O)CN(CC(=O)OC)c1ccccc1OCCOc1cc(OCCCCCCN)c(C2=c3cc4c5c(c3Oc3c2cc2c6c3CCCN6CCC2)CCC[N+]=5CCC4)cc1N(CC(=O)OC)CC(=O)OC. The summed E-state index contributed by atoms with van der Waals surface area (Å²) in [5.41, 5.74) is 15.9. The maximum absolute atomic E-state index is 13.4. The van der Waals surface area contributed by atoms with Gasteiger partial charge >= 0.3 is 23.9 Å². The highest BCUT2D eigenvalue weighted by Crippen LogP contribution is 2.51. The summed E-state index contributed by atoms with van der Waals surface area (Å²) in [4.78, 5) is 57.4. The number of carbonyl (C=O) groups is 4. The van der Waals surface area contributed by atoms with Gasteiger partial charge in [0.1, 0.15) is 81.2 Å². The van der Waals surface area contributed by atoms with E-state index in [1.165, 1.54) is 66.6 Å². The van der Waals surface area contributed by atoms with Gasteiger partial charge in [0.05, 0.1) is 52.0 Å². The number of hydrogen-bond donors (Lipinski definition) is 1. The molecular formula is C57H70N5O12+. The van der Waals surface area contributed by atoms with Crippen LogP contribution >= 0.6 is 0 Å². The third-order valence-corrected chi connectivity index (χ3v) is 14.7. The van der Waals surface area contributed by atoms with Crippen molar-refractivity contribution in [2.24, 2.45) is 5.73 Å². The van der Waals surface area contributed by atoms with Gasteiger partial charge in [-0.1, -0.05) is 25.0 Å². The highest BCUT2D eigenvalue weighted by molar-refractivity contribution is 5.93. The average Bonchev–Trinajstić information content (AvgIpc) is 3.42. The molecule has 0 aromatic heterocycles. The Hall–Kier alpha value is -7.01. The monoisotopic (exact) mass is 1020 g/mol. The number of methoxy groups -OCH3 is 4. The van der Waals surface area contributed by atoms with E-state index in [9.17, 15) is 19.2 Å². The second-order valence-corrected chi connectivity index (χ2v) is 19.4. The first kappa shape index (κ1) is 51.9. The molecular weight excluding hydrogens is 947 g/mol. The van der Waals surface area contributed by atoms with Gasteiger partial charge in [0.2, 0.25) is 5.36 Å². The Balaban J connectivity index is 1.21. The minimum absolute atomic E-state index is 0.00836. The van der Waals surface area contributed by atoms with E-state index in [0.29, 0.717) is 41.8 Å². The van der Waals surface area contributed by atoms with Crippen LogP contribution in [0.3, 0.4) is 0 Å². The van der Waals surface area contributed by atoms with Crippen molar-refractivity contribution in [1.82, 2.24) is 4.58 Å². The Morgan fingerprint density at radius 2 is 1.19 bits per heavy atom. The summed E-state index contributed by atoms with van der Waals surface area (Å²) in [5, 5.41) is 2.30. The molecule has 5 aliphatic heterocycles. The van der Waals surface area contributed by atoms with E-state index in [1.807, 2.05) is 12.1 Å². The van der Waals surface area contributed by atoms with Crippen LogP contribution in [-0.4, -0.2) is 131 Å². The summed E-state index contributed by atoms with van der Waals surface area (Å²) in [5.74, 6) is 0.817. The highest BCUT2D eigenvalue weighted by Gasteiger charge is 2.37. The first-order chi connectivity index (χ1) is 36.1. The molecule has 0 spiro atoms. The molecule has 0 fully saturated rings. The van der Waals surface area contributed by atoms with Gasteiger partial charge in [-0.05, 0) is 93.8 Å². The number of nitrogens with zero attached hydrogens (tertiary/aromatic N) is 4. The normalized spacial score (nSPS) is 14.8. The molecule has 17 nitrogen and oxygen atoms in total. The third kappa shape index (κ3) is 11.1. The van der Waals surface area contributed by atoms with Crippen LogP contribution in [0.15, 0.2) is 48.5 Å². The molecule has 4 aromatic rings. The van der Waals surface area contributed by atoms with Gasteiger partial charge in [-0.2, -0.15) is 0 Å². The molecule has 9 rings (SSSR count).